The van der Waals surface area contributed by atoms with Crippen LogP contribution in [0.2, 0.25) is 0 Å². The maximum atomic E-state index is 11.9. The minimum Gasteiger partial charge on any atom is -0.507 e. The van der Waals surface area contributed by atoms with Crippen LogP contribution in [-0.2, 0) is 0 Å². The van der Waals surface area contributed by atoms with Gasteiger partial charge in [0.2, 0.25) is 0 Å². The smallest absolute Gasteiger partial charge is 0.255 e. The largest absolute Gasteiger partial charge is 0.507 e. The van der Waals surface area contributed by atoms with Crippen LogP contribution in [0, 0.1) is 0 Å². The van der Waals surface area contributed by atoms with Crippen LogP contribution in [0.25, 0.3) is 0 Å². The van der Waals surface area contributed by atoms with E-state index in [9.17, 15) is 9.90 Å². The summed E-state index contributed by atoms with van der Waals surface area (Å²) in [5, 5.41) is 12.5. The predicted octanol–water partition coefficient (Wildman–Crippen LogP) is 1.39. The number of carbonyl (C=O) groups is 1. The van der Waals surface area contributed by atoms with Crippen molar-refractivity contribution in [1.82, 2.24) is 5.32 Å². The van der Waals surface area contributed by atoms with Gasteiger partial charge >= 0.3 is 0 Å². The summed E-state index contributed by atoms with van der Waals surface area (Å²) >= 11 is 0. The molecule has 1 amide bonds. The Bertz CT molecular complexity index is 398. The van der Waals surface area contributed by atoms with Gasteiger partial charge < -0.3 is 16.2 Å². The molecule has 0 aromatic heterocycles. The molecular formula is C13H18N2O2. The number of hydrogen-bond acceptors (Lipinski definition) is 3. The number of rotatable bonds is 2. The van der Waals surface area contributed by atoms with Gasteiger partial charge in [-0.2, -0.15) is 0 Å². The van der Waals surface area contributed by atoms with Gasteiger partial charge in [-0.25, -0.2) is 0 Å². The summed E-state index contributed by atoms with van der Waals surface area (Å²) in [4.78, 5) is 11.9. The van der Waals surface area contributed by atoms with Crippen LogP contribution < -0.4 is 11.1 Å². The van der Waals surface area contributed by atoms with E-state index in [1.165, 1.54) is 6.07 Å². The molecule has 0 saturated heterocycles. The second-order valence-electron chi connectivity index (χ2n) is 4.60. The van der Waals surface area contributed by atoms with Gasteiger partial charge in [0.15, 0.2) is 0 Å². The van der Waals surface area contributed by atoms with Crippen LogP contribution in [0.3, 0.4) is 0 Å². The lowest BCUT2D eigenvalue weighted by atomic mass is 9.91. The number of nitrogens with one attached hydrogen (secondary N) is 1. The first kappa shape index (κ1) is 11.9. The number of benzene rings is 1. The third kappa shape index (κ3) is 2.97. The van der Waals surface area contributed by atoms with Crippen molar-refractivity contribution in [1.29, 1.82) is 0 Å². The maximum absolute atomic E-state index is 11.9. The highest BCUT2D eigenvalue weighted by Crippen LogP contribution is 2.19. The SMILES string of the molecule is NC1CCC(NC(=O)c2ccccc2O)CC1. The molecule has 0 spiro atoms. The Kier molecular flexibility index (Phi) is 3.64. The molecule has 4 nitrogen and oxygen atoms in total. The zero-order valence-corrected chi connectivity index (χ0v) is 9.73. The molecule has 0 aliphatic heterocycles. The molecule has 1 aromatic carbocycles. The van der Waals surface area contributed by atoms with Gasteiger partial charge in [-0.05, 0) is 37.8 Å². The van der Waals surface area contributed by atoms with Crippen LogP contribution in [0.5, 0.6) is 5.75 Å². The number of nitrogens with two attached hydrogens (primary N) is 1. The van der Waals surface area contributed by atoms with Crippen molar-refractivity contribution in [2.75, 3.05) is 0 Å². The van der Waals surface area contributed by atoms with Crippen molar-refractivity contribution in [3.63, 3.8) is 0 Å². The lowest BCUT2D eigenvalue weighted by Crippen LogP contribution is -2.40. The Hall–Kier alpha value is -1.55. The van der Waals surface area contributed by atoms with Crippen molar-refractivity contribution in [3.05, 3.63) is 29.8 Å². The first-order valence-electron chi connectivity index (χ1n) is 6.01. The van der Waals surface area contributed by atoms with Gasteiger partial charge in [0.1, 0.15) is 5.75 Å². The third-order valence-corrected chi connectivity index (χ3v) is 3.26. The van der Waals surface area contributed by atoms with Gasteiger partial charge in [-0.15, -0.1) is 0 Å². The van der Waals surface area contributed by atoms with Crippen molar-refractivity contribution in [3.8, 4) is 5.75 Å². The number of phenolic OH excluding ortho intramolecular Hbond substituents is 1. The summed E-state index contributed by atoms with van der Waals surface area (Å²) < 4.78 is 0. The first-order chi connectivity index (χ1) is 8.16. The highest BCUT2D eigenvalue weighted by molar-refractivity contribution is 5.96. The number of amides is 1. The normalized spacial score (nSPS) is 24.3. The van der Waals surface area contributed by atoms with E-state index in [-0.39, 0.29) is 23.7 Å². The Labute approximate surface area is 101 Å². The highest BCUT2D eigenvalue weighted by atomic mass is 16.3. The second kappa shape index (κ2) is 5.19. The van der Waals surface area contributed by atoms with Crippen molar-refractivity contribution < 1.29 is 9.90 Å². The van der Waals surface area contributed by atoms with Gasteiger partial charge in [0.05, 0.1) is 5.56 Å². The van der Waals surface area contributed by atoms with Crippen molar-refractivity contribution >= 4 is 5.91 Å². The van der Waals surface area contributed by atoms with E-state index in [2.05, 4.69) is 5.32 Å². The molecule has 1 aliphatic carbocycles. The van der Waals surface area contributed by atoms with E-state index < -0.39 is 0 Å². The molecule has 1 fully saturated rings. The quantitative estimate of drug-likeness (QED) is 0.724. The van der Waals surface area contributed by atoms with E-state index in [0.29, 0.717) is 5.56 Å². The average Bonchev–Trinajstić information content (AvgIpc) is 2.32. The van der Waals surface area contributed by atoms with Crippen LogP contribution in [0.1, 0.15) is 36.0 Å². The molecule has 4 heteroatoms. The van der Waals surface area contributed by atoms with Crippen LogP contribution in [-0.4, -0.2) is 23.1 Å². The Morgan fingerprint density at radius 2 is 1.88 bits per heavy atom. The van der Waals surface area contributed by atoms with E-state index in [1.54, 1.807) is 18.2 Å². The number of para-hydroxylation sites is 1. The minimum absolute atomic E-state index is 0.0255. The van der Waals surface area contributed by atoms with Crippen LogP contribution >= 0.6 is 0 Å². The fourth-order valence-corrected chi connectivity index (χ4v) is 2.19. The summed E-state index contributed by atoms with van der Waals surface area (Å²) in [6.07, 6.45) is 3.73. The number of aromatic hydroxyl groups is 1. The fraction of sp³-hybridized carbons (Fsp3) is 0.462. The zero-order valence-electron chi connectivity index (χ0n) is 9.73. The molecule has 1 saturated carbocycles. The summed E-state index contributed by atoms with van der Waals surface area (Å²) in [5.74, 6) is -0.180. The molecule has 0 unspecified atom stereocenters. The van der Waals surface area contributed by atoms with Gasteiger partial charge in [-0.1, -0.05) is 12.1 Å². The molecule has 2 rings (SSSR count). The maximum Gasteiger partial charge on any atom is 0.255 e. The van der Waals surface area contributed by atoms with Crippen molar-refractivity contribution in [2.45, 2.75) is 37.8 Å². The monoisotopic (exact) mass is 234 g/mol. The van der Waals surface area contributed by atoms with E-state index in [4.69, 9.17) is 5.73 Å². The molecule has 92 valence electrons. The number of hydrogen-bond donors (Lipinski definition) is 3. The molecule has 0 atom stereocenters. The topological polar surface area (TPSA) is 75.3 Å². The number of phenols is 1. The number of carbonyl (C=O) groups excluding carboxylic acids is 1. The molecule has 17 heavy (non-hydrogen) atoms. The third-order valence-electron chi connectivity index (χ3n) is 3.26. The fourth-order valence-electron chi connectivity index (χ4n) is 2.19. The Balaban J connectivity index is 1.96. The van der Waals surface area contributed by atoms with E-state index in [0.717, 1.165) is 25.7 Å². The molecular weight excluding hydrogens is 216 g/mol. The first-order valence-corrected chi connectivity index (χ1v) is 6.01. The minimum atomic E-state index is -0.205. The molecule has 0 heterocycles. The predicted molar refractivity (Wildman–Crippen MR) is 65.8 cm³/mol. The summed E-state index contributed by atoms with van der Waals surface area (Å²) in [6, 6.07) is 7.04. The molecule has 1 aliphatic rings. The zero-order chi connectivity index (χ0) is 12.3. The summed E-state index contributed by atoms with van der Waals surface area (Å²) in [6.45, 7) is 0. The lowest BCUT2D eigenvalue weighted by Gasteiger charge is -2.26. The van der Waals surface area contributed by atoms with Crippen LogP contribution in [0.15, 0.2) is 24.3 Å². The van der Waals surface area contributed by atoms with Crippen LogP contribution in [0.4, 0.5) is 0 Å². The Morgan fingerprint density at radius 1 is 1.24 bits per heavy atom. The standard InChI is InChI=1S/C13H18N2O2/c14-9-5-7-10(8-6-9)15-13(17)11-3-1-2-4-12(11)16/h1-4,9-10,16H,5-8,14H2,(H,15,17). The molecule has 1 aromatic rings. The van der Waals surface area contributed by atoms with Crippen molar-refractivity contribution in [2.24, 2.45) is 5.73 Å². The van der Waals surface area contributed by atoms with Gasteiger partial charge in [0, 0.05) is 12.1 Å². The summed E-state index contributed by atoms with van der Waals surface area (Å²) in [5.41, 5.74) is 6.15. The molecule has 0 radical (unpaired) electrons. The van der Waals surface area contributed by atoms with E-state index in [1.807, 2.05) is 0 Å². The van der Waals surface area contributed by atoms with Gasteiger partial charge in [0.25, 0.3) is 5.91 Å². The Morgan fingerprint density at radius 3 is 2.53 bits per heavy atom. The summed E-state index contributed by atoms with van der Waals surface area (Å²) in [7, 11) is 0. The highest BCUT2D eigenvalue weighted by Gasteiger charge is 2.21. The molecule has 0 bridgehead atoms. The van der Waals surface area contributed by atoms with Gasteiger partial charge in [-0.3, -0.25) is 4.79 Å². The second-order valence-corrected chi connectivity index (χ2v) is 4.60. The lowest BCUT2D eigenvalue weighted by molar-refractivity contribution is 0.0923. The molecule has 4 N–H and O–H groups in total. The average molecular weight is 234 g/mol. The van der Waals surface area contributed by atoms with E-state index >= 15 is 0 Å².